The molecule has 0 bridgehead atoms. The van der Waals surface area contributed by atoms with Crippen molar-refractivity contribution < 1.29 is 4.79 Å². The normalized spacial score (nSPS) is 11.7. The van der Waals surface area contributed by atoms with Crippen LogP contribution in [0.2, 0.25) is 0 Å². The standard InChI is InChI=1S/C15H14BrN3OS/c1-9-7-11(16)8-18-14(9)19-15(20)12(13(17)21)10-5-3-2-4-6-10/h2-8,12H,1H3,(H2,17,21)(H,18,19,20). The highest BCUT2D eigenvalue weighted by atomic mass is 79.9. The van der Waals surface area contributed by atoms with Crippen molar-refractivity contribution in [2.75, 3.05) is 5.32 Å². The van der Waals surface area contributed by atoms with Gasteiger partial charge in [0.2, 0.25) is 5.91 Å². The van der Waals surface area contributed by atoms with Crippen LogP contribution in [0.1, 0.15) is 17.0 Å². The first-order chi connectivity index (χ1) is 9.99. The van der Waals surface area contributed by atoms with Crippen molar-refractivity contribution in [1.82, 2.24) is 4.98 Å². The van der Waals surface area contributed by atoms with Crippen molar-refractivity contribution in [3.8, 4) is 0 Å². The third kappa shape index (κ3) is 3.86. The fourth-order valence-electron chi connectivity index (χ4n) is 1.95. The fourth-order valence-corrected chi connectivity index (χ4v) is 2.64. The summed E-state index contributed by atoms with van der Waals surface area (Å²) in [5.74, 6) is -0.460. The molecule has 1 aromatic heterocycles. The van der Waals surface area contributed by atoms with Crippen LogP contribution in [0, 0.1) is 6.92 Å². The molecule has 0 aliphatic rings. The van der Waals surface area contributed by atoms with Gasteiger partial charge in [-0.1, -0.05) is 42.5 Å². The lowest BCUT2D eigenvalue weighted by Gasteiger charge is -2.16. The number of nitrogens with two attached hydrogens (primary N) is 1. The molecule has 0 fully saturated rings. The maximum Gasteiger partial charge on any atom is 0.239 e. The number of carbonyl (C=O) groups is 1. The Balaban J connectivity index is 2.26. The Morgan fingerprint density at radius 2 is 2.05 bits per heavy atom. The molecule has 0 spiro atoms. The molecular formula is C15H14BrN3OS. The Morgan fingerprint density at radius 1 is 1.38 bits per heavy atom. The molecule has 0 radical (unpaired) electrons. The summed E-state index contributed by atoms with van der Waals surface area (Å²) in [5, 5.41) is 2.78. The Kier molecular flexibility index (Phi) is 5.03. The number of aromatic nitrogens is 1. The third-order valence-electron chi connectivity index (χ3n) is 2.97. The summed E-state index contributed by atoms with van der Waals surface area (Å²) < 4.78 is 0.854. The highest BCUT2D eigenvalue weighted by molar-refractivity contribution is 9.10. The van der Waals surface area contributed by atoms with Gasteiger partial charge in [0.1, 0.15) is 11.7 Å². The molecule has 4 nitrogen and oxygen atoms in total. The van der Waals surface area contributed by atoms with Crippen LogP contribution in [0.3, 0.4) is 0 Å². The molecule has 1 heterocycles. The van der Waals surface area contributed by atoms with Crippen LogP contribution < -0.4 is 11.1 Å². The van der Waals surface area contributed by atoms with E-state index < -0.39 is 5.92 Å². The summed E-state index contributed by atoms with van der Waals surface area (Å²) in [6.07, 6.45) is 1.63. The van der Waals surface area contributed by atoms with E-state index in [4.69, 9.17) is 18.0 Å². The maximum absolute atomic E-state index is 12.5. The summed E-state index contributed by atoms with van der Waals surface area (Å²) in [6, 6.07) is 11.1. The van der Waals surface area contributed by atoms with Gasteiger partial charge in [-0.2, -0.15) is 0 Å². The van der Waals surface area contributed by atoms with Crippen LogP contribution in [-0.4, -0.2) is 15.9 Å². The zero-order valence-electron chi connectivity index (χ0n) is 11.3. The molecular weight excluding hydrogens is 350 g/mol. The Bertz CT molecular complexity index is 676. The van der Waals surface area contributed by atoms with E-state index in [9.17, 15) is 4.79 Å². The SMILES string of the molecule is Cc1cc(Br)cnc1NC(=O)C(C(N)=S)c1ccccc1. The second kappa shape index (κ2) is 6.78. The van der Waals surface area contributed by atoms with E-state index in [1.54, 1.807) is 6.20 Å². The van der Waals surface area contributed by atoms with E-state index in [1.165, 1.54) is 0 Å². The van der Waals surface area contributed by atoms with E-state index in [1.807, 2.05) is 43.3 Å². The minimum atomic E-state index is -0.675. The number of amides is 1. The van der Waals surface area contributed by atoms with Gasteiger partial charge in [-0.3, -0.25) is 4.79 Å². The van der Waals surface area contributed by atoms with Crippen LogP contribution in [0.15, 0.2) is 47.1 Å². The number of halogens is 1. The number of aryl methyl sites for hydroxylation is 1. The van der Waals surface area contributed by atoms with Gasteiger partial charge < -0.3 is 11.1 Å². The van der Waals surface area contributed by atoms with Crippen LogP contribution >= 0.6 is 28.1 Å². The van der Waals surface area contributed by atoms with Crippen LogP contribution in [0.5, 0.6) is 0 Å². The molecule has 6 heteroatoms. The first-order valence-corrected chi connectivity index (χ1v) is 7.46. The molecule has 2 aromatic rings. The molecule has 1 atom stereocenters. The number of pyridine rings is 1. The van der Waals surface area contributed by atoms with Crippen molar-refractivity contribution in [2.24, 2.45) is 5.73 Å². The lowest BCUT2D eigenvalue weighted by molar-refractivity contribution is -0.116. The van der Waals surface area contributed by atoms with Gasteiger partial charge in [-0.25, -0.2) is 4.98 Å². The number of rotatable bonds is 4. The molecule has 1 aromatic carbocycles. The maximum atomic E-state index is 12.5. The van der Waals surface area contributed by atoms with Crippen molar-refractivity contribution in [3.05, 3.63) is 58.2 Å². The molecule has 108 valence electrons. The number of nitrogens with one attached hydrogen (secondary N) is 1. The number of anilines is 1. The predicted octanol–water partition coefficient (Wildman–Crippen LogP) is 3.16. The fraction of sp³-hybridized carbons (Fsp3) is 0.133. The molecule has 0 aliphatic heterocycles. The summed E-state index contributed by atoms with van der Waals surface area (Å²) in [6.45, 7) is 1.87. The van der Waals surface area contributed by atoms with E-state index in [-0.39, 0.29) is 10.9 Å². The molecule has 0 saturated heterocycles. The van der Waals surface area contributed by atoms with Gasteiger partial charge in [-0.05, 0) is 40.0 Å². The van der Waals surface area contributed by atoms with E-state index in [0.29, 0.717) is 5.82 Å². The van der Waals surface area contributed by atoms with Crippen molar-refractivity contribution in [1.29, 1.82) is 0 Å². The monoisotopic (exact) mass is 363 g/mol. The number of hydrogen-bond acceptors (Lipinski definition) is 3. The molecule has 21 heavy (non-hydrogen) atoms. The topological polar surface area (TPSA) is 68.0 Å². The average molecular weight is 364 g/mol. The molecule has 3 N–H and O–H groups in total. The zero-order chi connectivity index (χ0) is 15.4. The number of carbonyl (C=O) groups excluding carboxylic acids is 1. The third-order valence-corrected chi connectivity index (χ3v) is 3.64. The van der Waals surface area contributed by atoms with E-state index >= 15 is 0 Å². The molecule has 0 saturated carbocycles. The number of hydrogen-bond donors (Lipinski definition) is 2. The van der Waals surface area contributed by atoms with Gasteiger partial charge >= 0.3 is 0 Å². The van der Waals surface area contributed by atoms with Crippen molar-refractivity contribution in [2.45, 2.75) is 12.8 Å². The summed E-state index contributed by atoms with van der Waals surface area (Å²) >= 11 is 8.37. The first-order valence-electron chi connectivity index (χ1n) is 6.26. The number of nitrogens with zero attached hydrogens (tertiary/aromatic N) is 1. The van der Waals surface area contributed by atoms with Gasteiger partial charge in [0, 0.05) is 10.7 Å². The summed E-state index contributed by atoms with van der Waals surface area (Å²) in [7, 11) is 0. The Hall–Kier alpha value is -1.79. The second-order valence-corrected chi connectivity index (χ2v) is 5.94. The molecule has 0 aliphatic carbocycles. The highest BCUT2D eigenvalue weighted by Crippen LogP contribution is 2.21. The quantitative estimate of drug-likeness (QED) is 0.818. The van der Waals surface area contributed by atoms with E-state index in [0.717, 1.165) is 15.6 Å². The van der Waals surface area contributed by atoms with E-state index in [2.05, 4.69) is 26.2 Å². The summed E-state index contributed by atoms with van der Waals surface area (Å²) in [4.78, 5) is 16.8. The lowest BCUT2D eigenvalue weighted by atomic mass is 9.98. The smallest absolute Gasteiger partial charge is 0.239 e. The Labute approximate surface area is 136 Å². The van der Waals surface area contributed by atoms with Gasteiger partial charge in [0.25, 0.3) is 0 Å². The lowest BCUT2D eigenvalue weighted by Crippen LogP contribution is -2.31. The molecule has 1 unspecified atom stereocenters. The molecule has 2 rings (SSSR count). The van der Waals surface area contributed by atoms with Crippen molar-refractivity contribution >= 4 is 44.9 Å². The van der Waals surface area contributed by atoms with Gasteiger partial charge in [0.15, 0.2) is 0 Å². The average Bonchev–Trinajstić information content (AvgIpc) is 2.43. The predicted molar refractivity (Wildman–Crippen MR) is 91.3 cm³/mol. The first kappa shape index (κ1) is 15.6. The molecule has 1 amide bonds. The van der Waals surface area contributed by atoms with Gasteiger partial charge in [0.05, 0.1) is 4.99 Å². The van der Waals surface area contributed by atoms with Gasteiger partial charge in [-0.15, -0.1) is 0 Å². The van der Waals surface area contributed by atoms with Crippen molar-refractivity contribution in [3.63, 3.8) is 0 Å². The minimum absolute atomic E-state index is 0.133. The Morgan fingerprint density at radius 3 is 2.62 bits per heavy atom. The zero-order valence-corrected chi connectivity index (χ0v) is 13.7. The summed E-state index contributed by atoms with van der Waals surface area (Å²) in [5.41, 5.74) is 7.34. The number of thiocarbonyl (C=S) groups is 1. The highest BCUT2D eigenvalue weighted by Gasteiger charge is 2.24. The van der Waals surface area contributed by atoms with Crippen LogP contribution in [-0.2, 0) is 4.79 Å². The largest absolute Gasteiger partial charge is 0.392 e. The minimum Gasteiger partial charge on any atom is -0.392 e. The van der Waals surface area contributed by atoms with Crippen LogP contribution in [0.25, 0.3) is 0 Å². The second-order valence-electron chi connectivity index (χ2n) is 4.55. The number of benzene rings is 1. The van der Waals surface area contributed by atoms with Crippen LogP contribution in [0.4, 0.5) is 5.82 Å².